The number of nitrogens with one attached hydrogen (secondary N) is 1. The molecule has 2 amide bonds. The van der Waals surface area contributed by atoms with Crippen LogP contribution in [0, 0.1) is 11.6 Å². The maximum absolute atomic E-state index is 14.5. The largest absolute Gasteiger partial charge is 0.465 e. The molecule has 0 aromatic heterocycles. The van der Waals surface area contributed by atoms with Crippen molar-refractivity contribution >= 4 is 28.1 Å². The van der Waals surface area contributed by atoms with Crippen LogP contribution in [0.3, 0.4) is 0 Å². The molecule has 2 unspecified atom stereocenters. The highest BCUT2D eigenvalue weighted by atomic mass is 79.9. The topological polar surface area (TPSA) is 78.9 Å². The van der Waals surface area contributed by atoms with Gasteiger partial charge in [0, 0.05) is 12.1 Å². The minimum atomic E-state index is -1.33. The third-order valence-electron chi connectivity index (χ3n) is 4.67. The van der Waals surface area contributed by atoms with Crippen molar-refractivity contribution in [2.24, 2.45) is 0 Å². The van der Waals surface area contributed by atoms with Crippen molar-refractivity contribution in [2.45, 2.75) is 51.8 Å². The predicted molar refractivity (Wildman–Crippen MR) is 121 cm³/mol. The molecule has 0 bridgehead atoms. The number of alkyl carbamates (subject to hydrolysis) is 1. The Labute approximate surface area is 194 Å². The second-order valence-electron chi connectivity index (χ2n) is 8.43. The van der Waals surface area contributed by atoms with E-state index in [1.165, 1.54) is 6.92 Å². The van der Waals surface area contributed by atoms with Crippen LogP contribution in [0.25, 0.3) is 0 Å². The van der Waals surface area contributed by atoms with Gasteiger partial charge in [-0.15, -0.1) is 0 Å². The molecule has 6 nitrogen and oxygen atoms in total. The first-order valence-electron chi connectivity index (χ1n) is 10.0. The molecule has 0 saturated carbocycles. The highest BCUT2D eigenvalue weighted by molar-refractivity contribution is 9.10. The van der Waals surface area contributed by atoms with Crippen molar-refractivity contribution in [3.63, 3.8) is 0 Å². The number of ether oxygens (including phenoxy) is 1. The summed E-state index contributed by atoms with van der Waals surface area (Å²) < 4.78 is 33.7. The van der Waals surface area contributed by atoms with Crippen LogP contribution in [0.2, 0.25) is 0 Å². The number of hydrogen-bond donors (Lipinski definition) is 2. The van der Waals surface area contributed by atoms with E-state index < -0.39 is 41.5 Å². The van der Waals surface area contributed by atoms with Crippen LogP contribution < -0.4 is 5.32 Å². The van der Waals surface area contributed by atoms with Gasteiger partial charge in [-0.1, -0.05) is 30.3 Å². The van der Waals surface area contributed by atoms with Crippen molar-refractivity contribution in [1.82, 2.24) is 10.2 Å². The Kier molecular flexibility index (Phi) is 8.60. The van der Waals surface area contributed by atoms with Crippen molar-refractivity contribution in [2.75, 3.05) is 6.54 Å². The zero-order valence-electron chi connectivity index (χ0n) is 18.4. The summed E-state index contributed by atoms with van der Waals surface area (Å²) in [7, 11) is 0. The van der Waals surface area contributed by atoms with Gasteiger partial charge in [-0.05, 0) is 67.7 Å². The SMILES string of the molecule is CC(c1cc(F)c(Br)cc1F)N(CC(Cc1ccccc1)NC(=O)OC(C)(C)C)C(=O)O. The van der Waals surface area contributed by atoms with Crippen LogP contribution in [-0.2, 0) is 11.2 Å². The molecule has 9 heteroatoms. The van der Waals surface area contributed by atoms with Crippen molar-refractivity contribution < 1.29 is 28.2 Å². The average Bonchev–Trinajstić information content (AvgIpc) is 2.67. The quantitative estimate of drug-likeness (QED) is 0.452. The number of halogens is 3. The molecule has 0 aliphatic heterocycles. The second kappa shape index (κ2) is 10.8. The van der Waals surface area contributed by atoms with Gasteiger partial charge in [0.15, 0.2) is 0 Å². The Hall–Kier alpha value is -2.68. The summed E-state index contributed by atoms with van der Waals surface area (Å²) in [6, 6.07) is 9.45. The van der Waals surface area contributed by atoms with Crippen LogP contribution in [0.5, 0.6) is 0 Å². The summed E-state index contributed by atoms with van der Waals surface area (Å²) in [5.41, 5.74) is 0.0235. The summed E-state index contributed by atoms with van der Waals surface area (Å²) in [6.07, 6.45) is -1.71. The first-order chi connectivity index (χ1) is 14.9. The Bertz CT molecular complexity index is 951. The molecular weight excluding hydrogens is 486 g/mol. The summed E-state index contributed by atoms with van der Waals surface area (Å²) in [5.74, 6) is -1.44. The van der Waals surface area contributed by atoms with E-state index in [0.717, 1.165) is 22.6 Å². The number of carbonyl (C=O) groups is 2. The van der Waals surface area contributed by atoms with Crippen molar-refractivity contribution in [1.29, 1.82) is 0 Å². The van der Waals surface area contributed by atoms with Crippen LogP contribution in [0.4, 0.5) is 18.4 Å². The number of nitrogens with zero attached hydrogens (tertiary/aromatic N) is 1. The number of amides is 2. The molecule has 2 N–H and O–H groups in total. The molecule has 2 aromatic carbocycles. The maximum Gasteiger partial charge on any atom is 0.407 e. The van der Waals surface area contributed by atoms with Gasteiger partial charge in [-0.25, -0.2) is 18.4 Å². The van der Waals surface area contributed by atoms with Crippen LogP contribution in [0.1, 0.15) is 44.9 Å². The van der Waals surface area contributed by atoms with Gasteiger partial charge in [0.05, 0.1) is 16.6 Å². The highest BCUT2D eigenvalue weighted by Gasteiger charge is 2.29. The van der Waals surface area contributed by atoms with Crippen molar-refractivity contribution in [3.05, 3.63) is 69.7 Å². The molecule has 0 fully saturated rings. The van der Waals surface area contributed by atoms with Gasteiger partial charge in [0.1, 0.15) is 17.2 Å². The zero-order valence-corrected chi connectivity index (χ0v) is 19.9. The zero-order chi connectivity index (χ0) is 24.1. The van der Waals surface area contributed by atoms with E-state index in [2.05, 4.69) is 21.2 Å². The maximum atomic E-state index is 14.5. The van der Waals surface area contributed by atoms with Crippen LogP contribution >= 0.6 is 15.9 Å². The molecule has 2 rings (SSSR count). The molecule has 0 radical (unpaired) electrons. The van der Waals surface area contributed by atoms with E-state index in [1.54, 1.807) is 20.8 Å². The minimum Gasteiger partial charge on any atom is -0.465 e. The number of benzene rings is 2. The van der Waals surface area contributed by atoms with E-state index in [-0.39, 0.29) is 16.6 Å². The summed E-state index contributed by atoms with van der Waals surface area (Å²) in [5, 5.41) is 12.5. The Morgan fingerprint density at radius 1 is 1.16 bits per heavy atom. The van der Waals surface area contributed by atoms with Gasteiger partial charge in [-0.2, -0.15) is 0 Å². The molecule has 2 atom stereocenters. The molecule has 0 spiro atoms. The number of carbonyl (C=O) groups excluding carboxylic acids is 1. The lowest BCUT2D eigenvalue weighted by Crippen LogP contribution is -2.48. The molecule has 174 valence electrons. The number of hydrogen-bond acceptors (Lipinski definition) is 3. The van der Waals surface area contributed by atoms with E-state index in [4.69, 9.17) is 4.74 Å². The molecule has 0 aliphatic carbocycles. The summed E-state index contributed by atoms with van der Waals surface area (Å²) in [4.78, 5) is 25.4. The fourth-order valence-corrected chi connectivity index (χ4v) is 3.51. The predicted octanol–water partition coefficient (Wildman–Crippen LogP) is 5.90. The molecular formula is C23H27BrF2N2O4. The van der Waals surface area contributed by atoms with Gasteiger partial charge in [-0.3, -0.25) is 4.90 Å². The average molecular weight is 513 g/mol. The van der Waals surface area contributed by atoms with Crippen molar-refractivity contribution in [3.8, 4) is 0 Å². The van der Waals surface area contributed by atoms with E-state index in [1.807, 2.05) is 30.3 Å². The Morgan fingerprint density at radius 3 is 2.34 bits per heavy atom. The van der Waals surface area contributed by atoms with E-state index in [0.29, 0.717) is 6.42 Å². The fourth-order valence-electron chi connectivity index (χ4n) is 3.20. The molecule has 0 saturated heterocycles. The third kappa shape index (κ3) is 7.47. The molecule has 0 aliphatic rings. The summed E-state index contributed by atoms with van der Waals surface area (Å²) in [6.45, 7) is 6.45. The van der Waals surface area contributed by atoms with Gasteiger partial charge < -0.3 is 15.2 Å². The fraction of sp³-hybridized carbons (Fsp3) is 0.391. The second-order valence-corrected chi connectivity index (χ2v) is 9.29. The van der Waals surface area contributed by atoms with Gasteiger partial charge >= 0.3 is 12.2 Å². The lowest BCUT2D eigenvalue weighted by atomic mass is 10.0. The van der Waals surface area contributed by atoms with E-state index in [9.17, 15) is 23.5 Å². The Morgan fingerprint density at radius 2 is 1.78 bits per heavy atom. The molecule has 32 heavy (non-hydrogen) atoms. The molecule has 2 aromatic rings. The standard InChI is InChI=1S/C23H27BrF2N2O4/c1-14(17-11-20(26)18(24)12-19(17)25)28(22(30)31)13-16(10-15-8-6-5-7-9-15)27-21(29)32-23(2,3)4/h5-9,11-12,14,16H,10,13H2,1-4H3,(H,27,29)(H,30,31). The Balaban J connectivity index is 2.30. The monoisotopic (exact) mass is 512 g/mol. The number of rotatable bonds is 7. The van der Waals surface area contributed by atoms with Gasteiger partial charge in [0.25, 0.3) is 0 Å². The van der Waals surface area contributed by atoms with Gasteiger partial charge in [0.2, 0.25) is 0 Å². The lowest BCUT2D eigenvalue weighted by Gasteiger charge is -2.32. The third-order valence-corrected chi connectivity index (χ3v) is 5.27. The minimum absolute atomic E-state index is 0.0543. The highest BCUT2D eigenvalue weighted by Crippen LogP contribution is 2.28. The smallest absolute Gasteiger partial charge is 0.407 e. The first kappa shape index (κ1) is 25.6. The first-order valence-corrected chi connectivity index (χ1v) is 10.8. The van der Waals surface area contributed by atoms with Crippen LogP contribution in [0.15, 0.2) is 46.9 Å². The summed E-state index contributed by atoms with van der Waals surface area (Å²) >= 11 is 2.92. The lowest BCUT2D eigenvalue weighted by molar-refractivity contribution is 0.0481. The van der Waals surface area contributed by atoms with E-state index >= 15 is 0 Å². The molecule has 0 heterocycles. The van der Waals surface area contributed by atoms with Crippen LogP contribution in [-0.4, -0.2) is 40.4 Å². The number of carboxylic acid groups (broad SMARTS) is 1. The normalized spacial score (nSPS) is 13.2.